The molecule has 0 radical (unpaired) electrons. The van der Waals surface area contributed by atoms with Gasteiger partial charge in [-0.15, -0.1) is 0 Å². The van der Waals surface area contributed by atoms with E-state index in [-0.39, 0.29) is 0 Å². The van der Waals surface area contributed by atoms with Crippen LogP contribution >= 0.6 is 0 Å². The van der Waals surface area contributed by atoms with Crippen molar-refractivity contribution in [2.24, 2.45) is 0 Å². The number of hydrogen-bond acceptors (Lipinski definition) is 0. The Hall–Kier alpha value is -3.64. The van der Waals surface area contributed by atoms with Crippen LogP contribution in [0.1, 0.15) is 80.3 Å². The summed E-state index contributed by atoms with van der Waals surface area (Å²) in [4.78, 5) is 0. The Balaban J connectivity index is 1.27. The summed E-state index contributed by atoms with van der Waals surface area (Å²) < 4.78 is 0. The van der Waals surface area contributed by atoms with Gasteiger partial charge in [0, 0.05) is 11.8 Å². The summed E-state index contributed by atoms with van der Waals surface area (Å²) >= 11 is 0. The molecule has 0 fully saturated rings. The number of hydrogen-bond donors (Lipinski definition) is 0. The molecule has 0 unspecified atom stereocenters. The molecular weight excluding hydrogens is 480 g/mol. The maximum atomic E-state index is 2.55. The van der Waals surface area contributed by atoms with Crippen LogP contribution in [0.3, 0.4) is 0 Å². The molecule has 40 heavy (non-hydrogen) atoms. The second-order valence-electron chi connectivity index (χ2n) is 12.7. The molecule has 0 N–H and O–H groups in total. The minimum atomic E-state index is 0.306. The quantitative estimate of drug-likeness (QED) is 0.299. The second-order valence-corrected chi connectivity index (χ2v) is 12.7. The first-order chi connectivity index (χ1) is 19.5. The zero-order chi connectivity index (χ0) is 27.1. The predicted octanol–water partition coefficient (Wildman–Crippen LogP) is 6.28. The van der Waals surface area contributed by atoms with E-state index < -0.39 is 0 Å². The smallest absolute Gasteiger partial charge is 0.0223 e. The van der Waals surface area contributed by atoms with Crippen molar-refractivity contribution in [3.05, 3.63) is 125 Å². The van der Waals surface area contributed by atoms with Gasteiger partial charge in [-0.2, -0.15) is 0 Å². The van der Waals surface area contributed by atoms with Crippen LogP contribution in [-0.4, -0.2) is 0 Å². The average Bonchev–Trinajstić information content (AvgIpc) is 3.79. The van der Waals surface area contributed by atoms with E-state index in [0.29, 0.717) is 11.8 Å². The zero-order valence-corrected chi connectivity index (χ0v) is 24.3. The lowest BCUT2D eigenvalue weighted by Crippen LogP contribution is -2.29. The molecule has 4 aromatic carbocycles. The molecule has 4 aromatic rings. The Morgan fingerprint density at radius 3 is 1.05 bits per heavy atom. The summed E-state index contributed by atoms with van der Waals surface area (Å²) in [5.74, 6) is 0.612. The van der Waals surface area contributed by atoms with E-state index in [1.54, 1.807) is 22.3 Å². The van der Waals surface area contributed by atoms with Gasteiger partial charge in [0.25, 0.3) is 0 Å². The molecule has 0 saturated carbocycles. The standard InChI is InChI=1S/C40H38/c1-23-29-15-9-16-30(29)24(2)38-20-27(19-37(23)38)33-11-5-7-13-35(33)36-14-8-6-12-34(36)28-21-39-25(3)31-17-10-18-32(31)26(4)40(39)22-28/h5-8,11-14,19-22,27-28H,9-10,15-18H2,1-4H3. The Bertz CT molecular complexity index is 1750. The van der Waals surface area contributed by atoms with E-state index in [1.165, 1.54) is 104 Å². The normalized spacial score (nSPS) is 17.0. The maximum Gasteiger partial charge on any atom is 0.0223 e. The average molecular weight is 519 g/mol. The number of fused-ring (bicyclic) bond motifs is 4. The second kappa shape index (κ2) is 8.93. The predicted molar refractivity (Wildman–Crippen MR) is 170 cm³/mol. The Labute approximate surface area is 238 Å². The summed E-state index contributed by atoms with van der Waals surface area (Å²) in [6.45, 7) is 9.44. The molecule has 0 aliphatic heterocycles. The molecule has 0 aromatic heterocycles. The lowest BCUT2D eigenvalue weighted by atomic mass is 9.85. The molecule has 0 heterocycles. The summed E-state index contributed by atoms with van der Waals surface area (Å²) in [5, 5.41) is 5.94. The molecule has 8 rings (SSSR count). The first kappa shape index (κ1) is 24.2. The lowest BCUT2D eigenvalue weighted by molar-refractivity contribution is 0.907. The van der Waals surface area contributed by atoms with Crippen LogP contribution in [0.2, 0.25) is 0 Å². The maximum absolute atomic E-state index is 2.55. The van der Waals surface area contributed by atoms with Crippen LogP contribution in [-0.2, 0) is 25.7 Å². The Kier molecular flexibility index (Phi) is 5.40. The summed E-state index contributed by atoms with van der Waals surface area (Å²) in [6, 6.07) is 18.3. The molecule has 198 valence electrons. The summed E-state index contributed by atoms with van der Waals surface area (Å²) in [7, 11) is 0. The van der Waals surface area contributed by atoms with E-state index >= 15 is 0 Å². The monoisotopic (exact) mass is 518 g/mol. The van der Waals surface area contributed by atoms with Crippen LogP contribution in [0.5, 0.6) is 0 Å². The van der Waals surface area contributed by atoms with E-state index in [1.807, 2.05) is 0 Å². The molecule has 0 amide bonds. The number of rotatable bonds is 3. The molecule has 0 saturated heterocycles. The third-order valence-corrected chi connectivity index (χ3v) is 10.8. The minimum Gasteiger partial charge on any atom is -0.0650 e. The van der Waals surface area contributed by atoms with Gasteiger partial charge in [-0.1, -0.05) is 72.8 Å². The van der Waals surface area contributed by atoms with Gasteiger partial charge < -0.3 is 0 Å². The van der Waals surface area contributed by atoms with Crippen molar-refractivity contribution in [2.45, 2.75) is 78.1 Å². The van der Waals surface area contributed by atoms with Crippen LogP contribution < -0.4 is 20.9 Å². The summed E-state index contributed by atoms with van der Waals surface area (Å²) in [6.07, 6.45) is 17.8. The van der Waals surface area contributed by atoms with Crippen molar-refractivity contribution in [1.29, 1.82) is 0 Å². The highest BCUT2D eigenvalue weighted by atomic mass is 14.3. The van der Waals surface area contributed by atoms with Crippen LogP contribution in [0.25, 0.3) is 35.4 Å². The van der Waals surface area contributed by atoms with E-state index in [9.17, 15) is 0 Å². The first-order valence-electron chi connectivity index (χ1n) is 15.4. The Morgan fingerprint density at radius 1 is 0.425 bits per heavy atom. The van der Waals surface area contributed by atoms with Gasteiger partial charge in [0.15, 0.2) is 0 Å². The van der Waals surface area contributed by atoms with Gasteiger partial charge in [0.2, 0.25) is 0 Å². The fraction of sp³-hybridized carbons (Fsp3) is 0.300. The molecule has 0 spiro atoms. The fourth-order valence-corrected chi connectivity index (χ4v) is 8.70. The third-order valence-electron chi connectivity index (χ3n) is 10.8. The van der Waals surface area contributed by atoms with Gasteiger partial charge >= 0.3 is 0 Å². The lowest BCUT2D eigenvalue weighted by Gasteiger charge is -2.18. The molecule has 4 aliphatic rings. The number of benzene rings is 4. The van der Waals surface area contributed by atoms with Gasteiger partial charge in [0.1, 0.15) is 0 Å². The largest absolute Gasteiger partial charge is 0.0650 e. The first-order valence-corrected chi connectivity index (χ1v) is 15.4. The fourth-order valence-electron chi connectivity index (χ4n) is 8.70. The topological polar surface area (TPSA) is 0 Å². The highest BCUT2D eigenvalue weighted by Gasteiger charge is 2.25. The molecule has 0 nitrogen and oxygen atoms in total. The van der Waals surface area contributed by atoms with Crippen molar-refractivity contribution in [3.8, 4) is 11.1 Å². The molecule has 0 atom stereocenters. The molecule has 4 aliphatic carbocycles. The van der Waals surface area contributed by atoms with Gasteiger partial charge in [-0.05, 0) is 154 Å². The molecule has 0 heteroatoms. The SMILES string of the molecule is Cc1c2c(c(C)c3c1=CC(c1ccccc1-c1ccccc1C1C=c4c(C)c5c(c(C)c4=C1)CCC5)C=3)CCC2. The van der Waals surface area contributed by atoms with Crippen molar-refractivity contribution in [3.63, 3.8) is 0 Å². The van der Waals surface area contributed by atoms with Gasteiger partial charge in [-0.3, -0.25) is 0 Å². The highest BCUT2D eigenvalue weighted by Crippen LogP contribution is 2.38. The third kappa shape index (κ3) is 3.38. The zero-order valence-electron chi connectivity index (χ0n) is 24.3. The van der Waals surface area contributed by atoms with Crippen molar-refractivity contribution in [2.75, 3.05) is 0 Å². The summed E-state index contributed by atoms with van der Waals surface area (Å²) in [5.41, 5.74) is 18.2. The minimum absolute atomic E-state index is 0.306. The van der Waals surface area contributed by atoms with Crippen molar-refractivity contribution < 1.29 is 0 Å². The van der Waals surface area contributed by atoms with Crippen LogP contribution in [0.4, 0.5) is 0 Å². The van der Waals surface area contributed by atoms with Crippen LogP contribution in [0.15, 0.2) is 48.5 Å². The Morgan fingerprint density at radius 2 is 0.725 bits per heavy atom. The molecule has 0 bridgehead atoms. The van der Waals surface area contributed by atoms with Gasteiger partial charge in [-0.25, -0.2) is 0 Å². The van der Waals surface area contributed by atoms with E-state index in [4.69, 9.17) is 0 Å². The van der Waals surface area contributed by atoms with Crippen LogP contribution in [0, 0.1) is 27.7 Å². The van der Waals surface area contributed by atoms with Gasteiger partial charge in [0.05, 0.1) is 0 Å². The van der Waals surface area contributed by atoms with E-state index in [2.05, 4.69) is 101 Å². The van der Waals surface area contributed by atoms with Crippen molar-refractivity contribution >= 4 is 24.3 Å². The highest BCUT2D eigenvalue weighted by molar-refractivity contribution is 5.80. The molecular formula is C40H38. The van der Waals surface area contributed by atoms with Crippen molar-refractivity contribution in [1.82, 2.24) is 0 Å². The van der Waals surface area contributed by atoms with E-state index in [0.717, 1.165) is 0 Å².